The molecule has 0 aliphatic heterocycles. The number of rotatable bonds is 1. The highest BCUT2D eigenvalue weighted by molar-refractivity contribution is 5.59. The molecule has 70 valence electrons. The summed E-state index contributed by atoms with van der Waals surface area (Å²) in [4.78, 5) is 14.2. The van der Waals surface area contributed by atoms with Gasteiger partial charge in [0.15, 0.2) is 0 Å². The van der Waals surface area contributed by atoms with E-state index in [2.05, 4.69) is 4.98 Å². The van der Waals surface area contributed by atoms with Crippen molar-refractivity contribution in [3.8, 4) is 6.07 Å². The summed E-state index contributed by atoms with van der Waals surface area (Å²) in [5.41, 5.74) is 1.32. The number of aldehydes is 1. The molecule has 4 heteroatoms. The van der Waals surface area contributed by atoms with Crippen molar-refractivity contribution in [2.45, 2.75) is 12.8 Å². The summed E-state index contributed by atoms with van der Waals surface area (Å²) < 4.78 is 13.2. The van der Waals surface area contributed by atoms with E-state index in [0.717, 1.165) is 12.5 Å². The Morgan fingerprint density at radius 1 is 1.57 bits per heavy atom. The number of pyridine rings is 1. The molecular formula is C10H7FN2O. The lowest BCUT2D eigenvalue weighted by Crippen LogP contribution is -1.99. The lowest BCUT2D eigenvalue weighted by atomic mass is 10.1. The molecule has 3 nitrogen and oxygen atoms in total. The van der Waals surface area contributed by atoms with E-state index in [1.807, 2.05) is 6.07 Å². The number of nitrogens with zero attached hydrogens (tertiary/aromatic N) is 2. The fraction of sp³-hybridized carbons (Fsp3) is 0.300. The zero-order chi connectivity index (χ0) is 10.1. The van der Waals surface area contributed by atoms with E-state index in [-0.39, 0.29) is 11.6 Å². The summed E-state index contributed by atoms with van der Waals surface area (Å²) >= 11 is 0. The van der Waals surface area contributed by atoms with Gasteiger partial charge in [0.25, 0.3) is 0 Å². The van der Waals surface area contributed by atoms with Gasteiger partial charge < -0.3 is 4.79 Å². The molecule has 0 radical (unpaired) electrons. The number of aromatic nitrogens is 1. The highest BCUT2D eigenvalue weighted by Crippen LogP contribution is 2.29. The molecule has 0 fully saturated rings. The molecule has 1 unspecified atom stereocenters. The summed E-state index contributed by atoms with van der Waals surface area (Å²) in [6.07, 6.45) is 2.68. The molecule has 1 atom stereocenters. The van der Waals surface area contributed by atoms with Crippen molar-refractivity contribution < 1.29 is 9.18 Å². The van der Waals surface area contributed by atoms with Crippen LogP contribution in [0, 0.1) is 23.1 Å². The van der Waals surface area contributed by atoms with E-state index in [1.54, 1.807) is 0 Å². The molecule has 1 heterocycles. The molecular weight excluding hydrogens is 183 g/mol. The molecule has 1 aromatic rings. The van der Waals surface area contributed by atoms with Crippen molar-refractivity contribution in [1.29, 1.82) is 5.26 Å². The third-order valence-electron chi connectivity index (χ3n) is 2.48. The van der Waals surface area contributed by atoms with Crippen LogP contribution < -0.4 is 0 Å². The molecule has 0 saturated heterocycles. The maximum atomic E-state index is 13.2. The van der Waals surface area contributed by atoms with Gasteiger partial charge in [-0.2, -0.15) is 5.26 Å². The molecule has 0 N–H and O–H groups in total. The van der Waals surface area contributed by atoms with Crippen LogP contribution in [0.15, 0.2) is 6.20 Å². The molecule has 1 aromatic heterocycles. The Bertz CT molecular complexity index is 436. The molecule has 14 heavy (non-hydrogen) atoms. The second-order valence-corrected chi connectivity index (χ2v) is 3.33. The fourth-order valence-electron chi connectivity index (χ4n) is 1.79. The first-order chi connectivity index (χ1) is 6.76. The van der Waals surface area contributed by atoms with Crippen LogP contribution in [-0.4, -0.2) is 11.3 Å². The van der Waals surface area contributed by atoms with Gasteiger partial charge in [-0.3, -0.25) is 0 Å². The van der Waals surface area contributed by atoms with E-state index in [9.17, 15) is 9.18 Å². The van der Waals surface area contributed by atoms with Crippen LogP contribution in [0.1, 0.15) is 16.8 Å². The smallest absolute Gasteiger partial charge is 0.145 e. The van der Waals surface area contributed by atoms with Crippen molar-refractivity contribution in [2.75, 3.05) is 0 Å². The summed E-state index contributed by atoms with van der Waals surface area (Å²) in [6.45, 7) is 0. The third kappa shape index (κ3) is 1.18. The van der Waals surface area contributed by atoms with Gasteiger partial charge in [0.2, 0.25) is 0 Å². The minimum Gasteiger partial charge on any atom is -0.303 e. The van der Waals surface area contributed by atoms with Crippen LogP contribution in [0.25, 0.3) is 0 Å². The fourth-order valence-corrected chi connectivity index (χ4v) is 1.79. The summed E-state index contributed by atoms with van der Waals surface area (Å²) in [5, 5.41) is 8.73. The van der Waals surface area contributed by atoms with Gasteiger partial charge in [-0.1, -0.05) is 0 Å². The van der Waals surface area contributed by atoms with Crippen LogP contribution in [-0.2, 0) is 17.6 Å². The Balaban J connectivity index is 2.54. The molecule has 0 amide bonds. The molecule has 0 saturated carbocycles. The average Bonchev–Trinajstić information content (AvgIpc) is 2.63. The Kier molecular flexibility index (Phi) is 2.01. The Morgan fingerprint density at radius 2 is 2.29 bits per heavy atom. The van der Waals surface area contributed by atoms with Gasteiger partial charge in [0, 0.05) is 5.92 Å². The Morgan fingerprint density at radius 3 is 2.93 bits per heavy atom. The normalized spacial score (nSPS) is 18.7. The van der Waals surface area contributed by atoms with E-state index in [1.165, 1.54) is 0 Å². The van der Waals surface area contributed by atoms with Gasteiger partial charge in [0.05, 0.1) is 6.20 Å². The number of carbonyl (C=O) groups excluding carboxylic acids is 1. The maximum absolute atomic E-state index is 13.2. The van der Waals surface area contributed by atoms with Gasteiger partial charge in [-0.05, 0) is 24.0 Å². The lowest BCUT2D eigenvalue weighted by Gasteiger charge is -2.00. The van der Waals surface area contributed by atoms with Gasteiger partial charge in [-0.15, -0.1) is 0 Å². The Labute approximate surface area is 80.2 Å². The molecule has 2 rings (SSSR count). The van der Waals surface area contributed by atoms with E-state index in [4.69, 9.17) is 5.26 Å². The molecule has 0 aromatic carbocycles. The highest BCUT2D eigenvalue weighted by Gasteiger charge is 2.27. The number of halogens is 1. The molecule has 1 aliphatic rings. The van der Waals surface area contributed by atoms with E-state index >= 15 is 0 Å². The van der Waals surface area contributed by atoms with Crippen molar-refractivity contribution in [1.82, 2.24) is 4.98 Å². The SMILES string of the molecule is N#Cc1ncc(F)c2c1CC(C=O)C2. The van der Waals surface area contributed by atoms with Crippen LogP contribution in [0.3, 0.4) is 0 Å². The predicted octanol–water partition coefficient (Wildman–Crippen LogP) is 1.01. The molecule has 0 bridgehead atoms. The van der Waals surface area contributed by atoms with Gasteiger partial charge in [-0.25, -0.2) is 9.37 Å². The number of hydrogen-bond acceptors (Lipinski definition) is 3. The first kappa shape index (κ1) is 8.82. The van der Waals surface area contributed by atoms with Crippen LogP contribution in [0.2, 0.25) is 0 Å². The molecule has 0 spiro atoms. The largest absolute Gasteiger partial charge is 0.303 e. The van der Waals surface area contributed by atoms with Crippen molar-refractivity contribution in [3.63, 3.8) is 0 Å². The minimum absolute atomic E-state index is 0.198. The van der Waals surface area contributed by atoms with Crippen LogP contribution in [0.5, 0.6) is 0 Å². The average molecular weight is 190 g/mol. The zero-order valence-corrected chi connectivity index (χ0v) is 7.33. The van der Waals surface area contributed by atoms with Gasteiger partial charge in [0.1, 0.15) is 23.9 Å². The summed E-state index contributed by atoms with van der Waals surface area (Å²) in [7, 11) is 0. The second kappa shape index (κ2) is 3.18. The monoisotopic (exact) mass is 190 g/mol. The topological polar surface area (TPSA) is 53.8 Å². The van der Waals surface area contributed by atoms with Crippen LogP contribution >= 0.6 is 0 Å². The number of carbonyl (C=O) groups is 1. The van der Waals surface area contributed by atoms with E-state index < -0.39 is 5.82 Å². The standard InChI is InChI=1S/C10H7FN2O/c11-9-4-13-10(3-12)8-2-6(5-14)1-7(8)9/h4-6H,1-2H2. The maximum Gasteiger partial charge on any atom is 0.145 e. The lowest BCUT2D eigenvalue weighted by molar-refractivity contribution is -0.110. The van der Waals surface area contributed by atoms with E-state index in [0.29, 0.717) is 24.0 Å². The predicted molar refractivity (Wildman–Crippen MR) is 45.9 cm³/mol. The van der Waals surface area contributed by atoms with Crippen molar-refractivity contribution in [3.05, 3.63) is 28.8 Å². The zero-order valence-electron chi connectivity index (χ0n) is 7.33. The number of nitriles is 1. The number of hydrogen-bond donors (Lipinski definition) is 0. The first-order valence-corrected chi connectivity index (χ1v) is 4.28. The first-order valence-electron chi connectivity index (χ1n) is 4.28. The summed E-state index contributed by atoms with van der Waals surface area (Å²) in [6, 6.07) is 1.91. The minimum atomic E-state index is -0.414. The summed E-state index contributed by atoms with van der Waals surface area (Å²) in [5.74, 6) is -0.612. The number of fused-ring (bicyclic) bond motifs is 1. The quantitative estimate of drug-likeness (QED) is 0.621. The highest BCUT2D eigenvalue weighted by atomic mass is 19.1. The third-order valence-corrected chi connectivity index (χ3v) is 2.48. The molecule has 1 aliphatic carbocycles. The van der Waals surface area contributed by atoms with Gasteiger partial charge >= 0.3 is 0 Å². The Hall–Kier alpha value is -1.76. The van der Waals surface area contributed by atoms with Crippen molar-refractivity contribution in [2.24, 2.45) is 5.92 Å². The second-order valence-electron chi connectivity index (χ2n) is 3.33. The van der Waals surface area contributed by atoms with Crippen LogP contribution in [0.4, 0.5) is 4.39 Å². The van der Waals surface area contributed by atoms with Crippen molar-refractivity contribution >= 4 is 6.29 Å².